The summed E-state index contributed by atoms with van der Waals surface area (Å²) in [5.74, 6) is -0.130. The van der Waals surface area contributed by atoms with Crippen molar-refractivity contribution in [2.45, 2.75) is 19.3 Å². The van der Waals surface area contributed by atoms with Crippen molar-refractivity contribution in [3.05, 3.63) is 11.6 Å². The van der Waals surface area contributed by atoms with Crippen LogP contribution in [0.15, 0.2) is 11.6 Å². The van der Waals surface area contributed by atoms with Crippen molar-refractivity contribution in [1.29, 1.82) is 0 Å². The molecular formula is C8H14ClNO2S. The maximum absolute atomic E-state index is 11.6. The van der Waals surface area contributed by atoms with Crippen LogP contribution in [0.1, 0.15) is 19.3 Å². The monoisotopic (exact) mass is 223 g/mol. The standard InChI is InChI=1S/C8H14ClNO2S/c1-8(9)7-13(11,12)10-5-3-2-4-6-10/h1-7H2. The molecule has 0 spiro atoms. The minimum Gasteiger partial charge on any atom is -0.212 e. The summed E-state index contributed by atoms with van der Waals surface area (Å²) in [5, 5.41) is 0.186. The van der Waals surface area contributed by atoms with E-state index in [1.807, 2.05) is 0 Å². The van der Waals surface area contributed by atoms with Crippen LogP contribution in [-0.2, 0) is 10.0 Å². The first-order valence-corrected chi connectivity index (χ1v) is 6.32. The molecule has 0 aliphatic carbocycles. The average Bonchev–Trinajstić information content (AvgIpc) is 2.04. The second-order valence-corrected chi connectivity index (χ2v) is 5.74. The zero-order valence-corrected chi connectivity index (χ0v) is 9.07. The van der Waals surface area contributed by atoms with Crippen LogP contribution in [0.3, 0.4) is 0 Å². The summed E-state index contributed by atoms with van der Waals surface area (Å²) in [5.41, 5.74) is 0. The number of sulfonamides is 1. The molecule has 0 atom stereocenters. The Bertz CT molecular complexity index is 281. The second kappa shape index (κ2) is 4.44. The largest absolute Gasteiger partial charge is 0.219 e. The third kappa shape index (κ3) is 3.29. The summed E-state index contributed by atoms with van der Waals surface area (Å²) < 4.78 is 24.7. The third-order valence-corrected chi connectivity index (χ3v) is 4.20. The van der Waals surface area contributed by atoms with Gasteiger partial charge in [-0.15, -0.1) is 0 Å². The van der Waals surface area contributed by atoms with E-state index >= 15 is 0 Å². The van der Waals surface area contributed by atoms with Crippen molar-refractivity contribution in [2.24, 2.45) is 0 Å². The van der Waals surface area contributed by atoms with Crippen LogP contribution >= 0.6 is 11.6 Å². The van der Waals surface area contributed by atoms with Gasteiger partial charge in [0.05, 0.1) is 5.75 Å². The molecule has 0 aromatic heterocycles. The molecule has 1 saturated heterocycles. The number of hydrogen-bond donors (Lipinski definition) is 0. The minimum absolute atomic E-state index is 0.130. The fourth-order valence-corrected chi connectivity index (χ4v) is 3.24. The molecular weight excluding hydrogens is 210 g/mol. The lowest BCUT2D eigenvalue weighted by Gasteiger charge is -2.25. The Hall–Kier alpha value is -0.0600. The van der Waals surface area contributed by atoms with Gasteiger partial charge < -0.3 is 0 Å². The predicted octanol–water partition coefficient (Wildman–Crippen LogP) is 1.55. The van der Waals surface area contributed by atoms with Crippen molar-refractivity contribution in [3.8, 4) is 0 Å². The van der Waals surface area contributed by atoms with E-state index in [-0.39, 0.29) is 10.8 Å². The van der Waals surface area contributed by atoms with Crippen molar-refractivity contribution in [2.75, 3.05) is 18.8 Å². The first kappa shape index (κ1) is 11.0. The molecule has 0 bridgehead atoms. The molecule has 76 valence electrons. The van der Waals surface area contributed by atoms with Gasteiger partial charge in [0.15, 0.2) is 0 Å². The highest BCUT2D eigenvalue weighted by atomic mass is 35.5. The Balaban J connectivity index is 2.62. The van der Waals surface area contributed by atoms with Gasteiger partial charge in [0.2, 0.25) is 10.0 Å². The van der Waals surface area contributed by atoms with E-state index in [1.54, 1.807) is 0 Å². The quantitative estimate of drug-likeness (QED) is 0.728. The molecule has 1 fully saturated rings. The first-order chi connectivity index (χ1) is 6.02. The lowest BCUT2D eigenvalue weighted by molar-refractivity contribution is 0.348. The van der Waals surface area contributed by atoms with Gasteiger partial charge in [-0.2, -0.15) is 0 Å². The van der Waals surface area contributed by atoms with Crippen molar-refractivity contribution >= 4 is 21.6 Å². The van der Waals surface area contributed by atoms with Crippen LogP contribution in [0.4, 0.5) is 0 Å². The molecule has 0 radical (unpaired) electrons. The van der Waals surface area contributed by atoms with Gasteiger partial charge in [-0.25, -0.2) is 12.7 Å². The van der Waals surface area contributed by atoms with Crippen molar-refractivity contribution in [3.63, 3.8) is 0 Å². The molecule has 5 heteroatoms. The molecule has 0 saturated carbocycles. The van der Waals surface area contributed by atoms with Gasteiger partial charge >= 0.3 is 0 Å². The first-order valence-electron chi connectivity index (χ1n) is 4.33. The maximum atomic E-state index is 11.6. The molecule has 13 heavy (non-hydrogen) atoms. The zero-order valence-electron chi connectivity index (χ0n) is 7.50. The van der Waals surface area contributed by atoms with Crippen LogP contribution < -0.4 is 0 Å². The highest BCUT2D eigenvalue weighted by Gasteiger charge is 2.23. The van der Waals surface area contributed by atoms with Gasteiger partial charge in [-0.1, -0.05) is 24.6 Å². The highest BCUT2D eigenvalue weighted by molar-refractivity contribution is 7.89. The number of piperidine rings is 1. The second-order valence-electron chi connectivity index (χ2n) is 3.23. The van der Waals surface area contributed by atoms with E-state index in [0.717, 1.165) is 19.3 Å². The average molecular weight is 224 g/mol. The number of hydrogen-bond acceptors (Lipinski definition) is 2. The molecule has 0 unspecified atom stereocenters. The normalized spacial score (nSPS) is 20.1. The Labute approximate surface area is 84.4 Å². The summed E-state index contributed by atoms with van der Waals surface area (Å²) in [6.45, 7) is 4.66. The van der Waals surface area contributed by atoms with E-state index in [2.05, 4.69) is 6.58 Å². The van der Waals surface area contributed by atoms with Gasteiger partial charge in [-0.3, -0.25) is 0 Å². The van der Waals surface area contributed by atoms with E-state index in [1.165, 1.54) is 4.31 Å². The van der Waals surface area contributed by atoms with E-state index in [4.69, 9.17) is 11.6 Å². The van der Waals surface area contributed by atoms with Crippen LogP contribution in [-0.4, -0.2) is 31.6 Å². The number of rotatable bonds is 3. The summed E-state index contributed by atoms with van der Waals surface area (Å²) in [4.78, 5) is 0. The zero-order chi connectivity index (χ0) is 9.90. The fourth-order valence-electron chi connectivity index (χ4n) is 1.43. The SMILES string of the molecule is C=C(Cl)CS(=O)(=O)N1CCCCC1. The fraction of sp³-hybridized carbons (Fsp3) is 0.750. The summed E-state index contributed by atoms with van der Waals surface area (Å²) >= 11 is 5.48. The topological polar surface area (TPSA) is 37.4 Å². The third-order valence-electron chi connectivity index (χ3n) is 2.05. The molecule has 1 aliphatic heterocycles. The molecule has 3 nitrogen and oxygen atoms in total. The van der Waals surface area contributed by atoms with Crippen molar-refractivity contribution in [1.82, 2.24) is 4.31 Å². The Morgan fingerprint density at radius 1 is 1.31 bits per heavy atom. The molecule has 1 aliphatic rings. The Morgan fingerprint density at radius 2 is 1.85 bits per heavy atom. The molecule has 0 aromatic carbocycles. The smallest absolute Gasteiger partial charge is 0.212 e. The highest BCUT2D eigenvalue weighted by Crippen LogP contribution is 2.15. The molecule has 0 amide bonds. The van der Waals surface area contributed by atoms with Crippen molar-refractivity contribution < 1.29 is 8.42 Å². The van der Waals surface area contributed by atoms with Gasteiger partial charge in [0.25, 0.3) is 0 Å². The summed E-state index contributed by atoms with van der Waals surface area (Å²) in [6, 6.07) is 0. The number of halogens is 1. The number of nitrogens with zero attached hydrogens (tertiary/aromatic N) is 1. The molecule has 0 aromatic rings. The summed E-state index contributed by atoms with van der Waals surface area (Å²) in [6.07, 6.45) is 3.02. The minimum atomic E-state index is -3.18. The lowest BCUT2D eigenvalue weighted by Crippen LogP contribution is -2.37. The van der Waals surface area contributed by atoms with Gasteiger partial charge in [0, 0.05) is 18.1 Å². The maximum Gasteiger partial charge on any atom is 0.219 e. The van der Waals surface area contributed by atoms with E-state index in [0.29, 0.717) is 13.1 Å². The van der Waals surface area contributed by atoms with Crippen LogP contribution in [0, 0.1) is 0 Å². The van der Waals surface area contributed by atoms with Crippen LogP contribution in [0.25, 0.3) is 0 Å². The molecule has 1 rings (SSSR count). The van der Waals surface area contributed by atoms with Crippen LogP contribution in [0.2, 0.25) is 0 Å². The van der Waals surface area contributed by atoms with Crippen LogP contribution in [0.5, 0.6) is 0 Å². The predicted molar refractivity (Wildman–Crippen MR) is 54.2 cm³/mol. The Kier molecular flexibility index (Phi) is 3.76. The van der Waals surface area contributed by atoms with E-state index in [9.17, 15) is 8.42 Å². The molecule has 1 heterocycles. The lowest BCUT2D eigenvalue weighted by atomic mass is 10.2. The van der Waals surface area contributed by atoms with E-state index < -0.39 is 10.0 Å². The molecule has 0 N–H and O–H groups in total. The summed E-state index contributed by atoms with van der Waals surface area (Å²) in [7, 11) is -3.18. The Morgan fingerprint density at radius 3 is 2.31 bits per heavy atom. The van der Waals surface area contributed by atoms with Gasteiger partial charge in [0.1, 0.15) is 0 Å². The van der Waals surface area contributed by atoms with Gasteiger partial charge in [-0.05, 0) is 12.8 Å².